The molecule has 0 saturated heterocycles. The molecule has 0 fully saturated rings. The number of hydrogen-bond acceptors (Lipinski definition) is 4. The predicted octanol–water partition coefficient (Wildman–Crippen LogP) is 0.878. The van der Waals surface area contributed by atoms with Gasteiger partial charge in [-0.3, -0.25) is 0 Å². The van der Waals surface area contributed by atoms with E-state index >= 15 is 0 Å². The zero-order valence-corrected chi connectivity index (χ0v) is 5.40. The van der Waals surface area contributed by atoms with Gasteiger partial charge < -0.3 is 4.52 Å². The van der Waals surface area contributed by atoms with E-state index in [2.05, 4.69) is 15.6 Å². The van der Waals surface area contributed by atoms with Crippen LogP contribution in [0.2, 0.25) is 0 Å². The molecule has 0 aromatic rings. The fourth-order valence-corrected chi connectivity index (χ4v) is 0.880. The Morgan fingerprint density at radius 2 is 2.30 bits per heavy atom. The van der Waals surface area contributed by atoms with Crippen molar-refractivity contribution in [2.45, 2.75) is 6.92 Å². The van der Waals surface area contributed by atoms with E-state index in [0.29, 0.717) is 0 Å². The third-order valence-electron chi connectivity index (χ3n) is 1.40. The van der Waals surface area contributed by atoms with Crippen molar-refractivity contribution in [3.63, 3.8) is 0 Å². The highest BCUT2D eigenvalue weighted by molar-refractivity contribution is 5.58. The van der Waals surface area contributed by atoms with Crippen LogP contribution in [-0.2, 0) is 0 Å². The van der Waals surface area contributed by atoms with Crippen LogP contribution in [0.4, 0.5) is 0 Å². The molecule has 0 aromatic carbocycles. The van der Waals surface area contributed by atoms with Crippen molar-refractivity contribution < 1.29 is 4.52 Å². The van der Waals surface area contributed by atoms with Crippen molar-refractivity contribution in [3.05, 3.63) is 17.7 Å². The molecule has 2 rings (SSSR count). The maximum atomic E-state index is 4.86. The van der Waals surface area contributed by atoms with Gasteiger partial charge in [0.15, 0.2) is 5.76 Å². The minimum atomic E-state index is 0.718. The first-order chi connectivity index (χ1) is 4.88. The molecular formula is C6H5N3O. The van der Waals surface area contributed by atoms with E-state index in [1.165, 1.54) is 0 Å². The molecule has 50 valence electrons. The van der Waals surface area contributed by atoms with Crippen molar-refractivity contribution in [1.82, 2.24) is 15.6 Å². The molecule has 0 unspecified atom stereocenters. The Morgan fingerprint density at radius 1 is 1.40 bits per heavy atom. The number of hydrogen-bond donors (Lipinski definition) is 0. The summed E-state index contributed by atoms with van der Waals surface area (Å²) in [7, 11) is 0. The van der Waals surface area contributed by atoms with Gasteiger partial charge in [-0.1, -0.05) is 6.07 Å². The summed E-state index contributed by atoms with van der Waals surface area (Å²) in [6, 6.07) is 3.77. The van der Waals surface area contributed by atoms with Crippen LogP contribution in [0.5, 0.6) is 0 Å². The molecule has 1 aliphatic carbocycles. The molecule has 0 bridgehead atoms. The first-order valence-electron chi connectivity index (χ1n) is 2.92. The van der Waals surface area contributed by atoms with E-state index in [1.807, 2.05) is 19.1 Å². The average molecular weight is 135 g/mol. The molecule has 4 nitrogen and oxygen atoms in total. The predicted molar refractivity (Wildman–Crippen MR) is 33.5 cm³/mol. The van der Waals surface area contributed by atoms with Crippen LogP contribution in [0.3, 0.4) is 0 Å². The van der Waals surface area contributed by atoms with E-state index in [-0.39, 0.29) is 0 Å². The highest BCUT2D eigenvalue weighted by Gasteiger charge is 2.09. The molecular weight excluding hydrogens is 130 g/mol. The fourth-order valence-electron chi connectivity index (χ4n) is 0.880. The van der Waals surface area contributed by atoms with Crippen LogP contribution >= 0.6 is 0 Å². The van der Waals surface area contributed by atoms with Gasteiger partial charge in [0.05, 0.1) is 5.27 Å². The highest BCUT2D eigenvalue weighted by atomic mass is 16.5. The van der Waals surface area contributed by atoms with Crippen LogP contribution < -0.4 is 0 Å². The summed E-state index contributed by atoms with van der Waals surface area (Å²) >= 11 is 0. The van der Waals surface area contributed by atoms with Crippen molar-refractivity contribution in [3.8, 4) is 11.5 Å². The van der Waals surface area contributed by atoms with Crippen molar-refractivity contribution in [1.29, 1.82) is 0 Å². The average Bonchev–Trinajstić information content (AvgIpc) is 2.34. The van der Waals surface area contributed by atoms with Gasteiger partial charge in [-0.25, -0.2) is 0 Å². The SMILES string of the molecule is Cc1ccc2nnnoc1-2. The molecule has 10 heavy (non-hydrogen) atoms. The van der Waals surface area contributed by atoms with E-state index in [1.54, 1.807) is 0 Å². The van der Waals surface area contributed by atoms with Gasteiger partial charge in [-0.15, -0.1) is 5.10 Å². The Hall–Kier alpha value is -1.45. The molecule has 0 N–H and O–H groups in total. The lowest BCUT2D eigenvalue weighted by Gasteiger charge is -1.90. The van der Waals surface area contributed by atoms with Gasteiger partial charge in [0.25, 0.3) is 0 Å². The van der Waals surface area contributed by atoms with Gasteiger partial charge in [0, 0.05) is 0 Å². The number of fused-ring (bicyclic) bond motifs is 1. The maximum absolute atomic E-state index is 4.86. The summed E-state index contributed by atoms with van der Waals surface area (Å²) in [4.78, 5) is 0. The number of nitrogens with zero attached hydrogens (tertiary/aromatic N) is 3. The van der Waals surface area contributed by atoms with Gasteiger partial charge >= 0.3 is 0 Å². The van der Waals surface area contributed by atoms with Crippen molar-refractivity contribution >= 4 is 0 Å². The minimum absolute atomic E-state index is 0.718. The monoisotopic (exact) mass is 135 g/mol. The minimum Gasteiger partial charge on any atom is -0.335 e. The molecule has 1 aliphatic heterocycles. The molecule has 0 radical (unpaired) electrons. The fraction of sp³-hybridized carbons (Fsp3) is 0.167. The Labute approximate surface area is 57.2 Å². The van der Waals surface area contributed by atoms with Gasteiger partial charge in [-0.05, 0) is 23.8 Å². The molecule has 0 amide bonds. The second kappa shape index (κ2) is 1.76. The van der Waals surface area contributed by atoms with E-state index in [4.69, 9.17) is 4.52 Å². The number of aromatic nitrogens is 3. The van der Waals surface area contributed by atoms with Gasteiger partial charge in [0.2, 0.25) is 0 Å². The lowest BCUT2D eigenvalue weighted by Crippen LogP contribution is -1.88. The molecule has 4 heteroatoms. The topological polar surface area (TPSA) is 51.8 Å². The zero-order chi connectivity index (χ0) is 6.97. The van der Waals surface area contributed by atoms with Crippen LogP contribution in [0.15, 0.2) is 16.7 Å². The summed E-state index contributed by atoms with van der Waals surface area (Å²) in [5.74, 6) is 0.718. The number of rotatable bonds is 0. The molecule has 0 saturated carbocycles. The first kappa shape index (κ1) is 5.34. The van der Waals surface area contributed by atoms with Gasteiger partial charge in [-0.2, -0.15) is 0 Å². The summed E-state index contributed by atoms with van der Waals surface area (Å²) in [6.45, 7) is 1.94. The molecule has 0 atom stereocenters. The summed E-state index contributed by atoms with van der Waals surface area (Å²) in [5, 5.41) is 10.4. The van der Waals surface area contributed by atoms with Crippen LogP contribution in [-0.4, -0.2) is 15.6 Å². The molecule has 2 aliphatic rings. The van der Waals surface area contributed by atoms with Crippen molar-refractivity contribution in [2.24, 2.45) is 0 Å². The van der Waals surface area contributed by atoms with Crippen LogP contribution in [0.25, 0.3) is 11.5 Å². The second-order valence-corrected chi connectivity index (χ2v) is 2.09. The second-order valence-electron chi connectivity index (χ2n) is 2.09. The number of aryl methyl sites for hydroxylation is 1. The Kier molecular flexibility index (Phi) is 0.943. The standard InChI is InChI=1S/C6H5N3O/c1-4-2-3-5-6(4)10-9-8-7-5/h2-3H,1H3. The summed E-state index contributed by atoms with van der Waals surface area (Å²) in [6.07, 6.45) is 0. The van der Waals surface area contributed by atoms with E-state index in [9.17, 15) is 0 Å². The Balaban J connectivity index is 2.78. The maximum Gasteiger partial charge on any atom is 0.190 e. The normalized spacial score (nSPS) is 10.5. The largest absolute Gasteiger partial charge is 0.335 e. The first-order valence-corrected chi connectivity index (χ1v) is 2.92. The quantitative estimate of drug-likeness (QED) is 0.538. The summed E-state index contributed by atoms with van der Waals surface area (Å²) in [5.41, 5.74) is 1.80. The van der Waals surface area contributed by atoms with Crippen LogP contribution in [0, 0.1) is 6.92 Å². The van der Waals surface area contributed by atoms with Crippen LogP contribution in [0.1, 0.15) is 5.56 Å². The van der Waals surface area contributed by atoms with Gasteiger partial charge in [0.1, 0.15) is 5.69 Å². The van der Waals surface area contributed by atoms with E-state index in [0.717, 1.165) is 17.0 Å². The summed E-state index contributed by atoms with van der Waals surface area (Å²) < 4.78 is 4.86. The lowest BCUT2D eigenvalue weighted by atomic mass is 10.3. The Bertz CT molecular complexity index is 317. The third kappa shape index (κ3) is 0.586. The highest BCUT2D eigenvalue weighted by Crippen LogP contribution is 2.22. The molecule has 0 spiro atoms. The smallest absolute Gasteiger partial charge is 0.190 e. The van der Waals surface area contributed by atoms with E-state index < -0.39 is 0 Å². The zero-order valence-electron chi connectivity index (χ0n) is 5.40. The Morgan fingerprint density at radius 3 is 3.10 bits per heavy atom. The molecule has 1 heterocycles. The third-order valence-corrected chi connectivity index (χ3v) is 1.40. The van der Waals surface area contributed by atoms with Crippen molar-refractivity contribution in [2.75, 3.05) is 0 Å². The lowest BCUT2D eigenvalue weighted by molar-refractivity contribution is 0.352. The molecule has 0 aromatic heterocycles.